The van der Waals surface area contributed by atoms with E-state index in [-0.39, 0.29) is 4.21 Å². The lowest BCUT2D eigenvalue weighted by Gasteiger charge is -2.05. The Morgan fingerprint density at radius 2 is 1.89 bits per heavy atom. The molecular weight excluding hydrogens is 416 g/mol. The van der Waals surface area contributed by atoms with E-state index in [1.54, 1.807) is 30.5 Å². The summed E-state index contributed by atoms with van der Waals surface area (Å²) in [5, 5.41) is 0.666. The van der Waals surface area contributed by atoms with Crippen LogP contribution in [0.4, 0.5) is 0 Å². The number of hydrogen-bond acceptors (Lipinski definition) is 5. The molecule has 2 heterocycles. The fourth-order valence-electron chi connectivity index (χ4n) is 3.41. The molecule has 3 aromatic rings. The molecule has 8 heteroatoms. The van der Waals surface area contributed by atoms with E-state index >= 15 is 0 Å². The van der Waals surface area contributed by atoms with E-state index in [2.05, 4.69) is 9.71 Å². The Kier molecular flexibility index (Phi) is 5.87. The minimum Gasteiger partial charge on any atom is -0.440 e. The predicted molar refractivity (Wildman–Crippen MR) is 111 cm³/mol. The third kappa shape index (κ3) is 4.49. The van der Waals surface area contributed by atoms with Crippen LogP contribution in [0.25, 0.3) is 10.6 Å². The summed E-state index contributed by atoms with van der Waals surface area (Å²) < 4.78 is 34.0. The van der Waals surface area contributed by atoms with Gasteiger partial charge in [-0.05, 0) is 49.1 Å². The molecule has 1 fully saturated rings. The van der Waals surface area contributed by atoms with Crippen LogP contribution in [0.1, 0.15) is 43.1 Å². The van der Waals surface area contributed by atoms with Gasteiger partial charge in [0.2, 0.25) is 10.0 Å². The van der Waals surface area contributed by atoms with Crippen LogP contribution in [0.2, 0.25) is 5.02 Å². The highest BCUT2D eigenvalue weighted by molar-refractivity contribution is 7.91. The number of oxazole rings is 1. The lowest BCUT2D eigenvalue weighted by molar-refractivity contribution is 0.458. The second-order valence-electron chi connectivity index (χ2n) is 6.94. The summed E-state index contributed by atoms with van der Waals surface area (Å²) in [4.78, 5) is 5.17. The zero-order chi connectivity index (χ0) is 19.6. The summed E-state index contributed by atoms with van der Waals surface area (Å²) >= 11 is 7.06. The first-order valence-electron chi connectivity index (χ1n) is 9.31. The second-order valence-corrected chi connectivity index (χ2v) is 10.5. The summed E-state index contributed by atoms with van der Waals surface area (Å²) in [5.74, 6) is 1.80. The van der Waals surface area contributed by atoms with E-state index in [1.807, 2.05) is 12.1 Å². The summed E-state index contributed by atoms with van der Waals surface area (Å²) in [6, 6.07) is 10.8. The van der Waals surface area contributed by atoms with Gasteiger partial charge in [-0.25, -0.2) is 18.1 Å². The molecule has 4 rings (SSSR count). The number of halogens is 1. The number of aromatic nitrogens is 1. The number of nitrogens with one attached hydrogen (secondary N) is 1. The maximum absolute atomic E-state index is 12.6. The predicted octanol–water partition coefficient (Wildman–Crippen LogP) is 5.24. The highest BCUT2D eigenvalue weighted by atomic mass is 35.5. The van der Waals surface area contributed by atoms with Crippen molar-refractivity contribution in [3.63, 3.8) is 0 Å². The minimum atomic E-state index is -3.55. The summed E-state index contributed by atoms with van der Waals surface area (Å²) in [6.45, 7) is 0.325. The molecule has 1 saturated carbocycles. The third-order valence-electron chi connectivity index (χ3n) is 4.94. The Morgan fingerprint density at radius 3 is 2.64 bits per heavy atom. The number of thiophene rings is 1. The number of rotatable bonds is 7. The van der Waals surface area contributed by atoms with Gasteiger partial charge in [-0.2, -0.15) is 0 Å². The van der Waals surface area contributed by atoms with Gasteiger partial charge in [0.05, 0.1) is 11.1 Å². The number of nitrogens with zero attached hydrogens (tertiary/aromatic N) is 1. The largest absolute Gasteiger partial charge is 0.440 e. The number of benzene rings is 1. The maximum Gasteiger partial charge on any atom is 0.250 e. The van der Waals surface area contributed by atoms with Gasteiger partial charge in [0, 0.05) is 17.5 Å². The molecule has 0 radical (unpaired) electrons. The van der Waals surface area contributed by atoms with Gasteiger partial charge in [-0.1, -0.05) is 36.6 Å². The van der Waals surface area contributed by atoms with Crippen molar-refractivity contribution in [2.75, 3.05) is 6.54 Å². The Labute approximate surface area is 173 Å². The standard InChI is InChI=1S/C20H21ClN2O3S2/c21-16-7-5-14(6-8-16)11-12-23-28(24,25)19-10-9-18(27-19)17-13-22-20(26-17)15-3-1-2-4-15/h5-10,13,15,23H,1-4,11-12H2. The van der Waals surface area contributed by atoms with Crippen molar-refractivity contribution < 1.29 is 12.8 Å². The highest BCUT2D eigenvalue weighted by Gasteiger charge is 2.23. The van der Waals surface area contributed by atoms with E-state index < -0.39 is 10.0 Å². The first kappa shape index (κ1) is 19.6. The smallest absolute Gasteiger partial charge is 0.250 e. The Bertz CT molecular complexity index is 1040. The van der Waals surface area contributed by atoms with Crippen molar-refractivity contribution in [3.8, 4) is 10.6 Å². The summed E-state index contributed by atoms with van der Waals surface area (Å²) in [7, 11) is -3.55. The van der Waals surface area contributed by atoms with Gasteiger partial charge in [-0.15, -0.1) is 11.3 Å². The molecule has 1 aromatic carbocycles. The summed E-state index contributed by atoms with van der Waals surface area (Å²) in [5.41, 5.74) is 1.03. The second kappa shape index (κ2) is 8.37. The molecular formula is C20H21ClN2O3S2. The highest BCUT2D eigenvalue weighted by Crippen LogP contribution is 2.37. The van der Waals surface area contributed by atoms with Crippen molar-refractivity contribution in [2.45, 2.75) is 42.2 Å². The molecule has 1 aliphatic rings. The zero-order valence-corrected chi connectivity index (χ0v) is 17.6. The lowest BCUT2D eigenvalue weighted by Crippen LogP contribution is -2.25. The van der Waals surface area contributed by atoms with Crippen LogP contribution in [0.5, 0.6) is 0 Å². The van der Waals surface area contributed by atoms with Crippen LogP contribution in [0, 0.1) is 0 Å². The molecule has 0 unspecified atom stereocenters. The Balaban J connectivity index is 1.40. The average molecular weight is 437 g/mol. The number of sulfonamides is 1. The minimum absolute atomic E-state index is 0.275. The topological polar surface area (TPSA) is 72.2 Å². The molecule has 0 amide bonds. The van der Waals surface area contributed by atoms with E-state index in [9.17, 15) is 8.42 Å². The molecule has 2 aromatic heterocycles. The van der Waals surface area contributed by atoms with Gasteiger partial charge >= 0.3 is 0 Å². The van der Waals surface area contributed by atoms with E-state index in [4.69, 9.17) is 16.0 Å². The van der Waals surface area contributed by atoms with Crippen molar-refractivity contribution in [2.24, 2.45) is 0 Å². The van der Waals surface area contributed by atoms with E-state index in [0.29, 0.717) is 29.7 Å². The third-order valence-corrected chi connectivity index (χ3v) is 8.24. The van der Waals surface area contributed by atoms with Crippen molar-refractivity contribution in [3.05, 3.63) is 59.1 Å². The van der Waals surface area contributed by atoms with Crippen LogP contribution in [0.3, 0.4) is 0 Å². The monoisotopic (exact) mass is 436 g/mol. The molecule has 0 atom stereocenters. The SMILES string of the molecule is O=S(=O)(NCCc1ccc(Cl)cc1)c1ccc(-c2cnc(C3CCCC3)o2)s1. The normalized spacial score (nSPS) is 15.3. The maximum atomic E-state index is 12.6. The Hall–Kier alpha value is -1.67. The molecule has 1 N–H and O–H groups in total. The molecule has 148 valence electrons. The Morgan fingerprint density at radius 1 is 1.14 bits per heavy atom. The number of hydrogen-bond donors (Lipinski definition) is 1. The average Bonchev–Trinajstić information content (AvgIpc) is 3.43. The molecule has 0 bridgehead atoms. The van der Waals surface area contributed by atoms with Gasteiger partial charge in [0.25, 0.3) is 0 Å². The van der Waals surface area contributed by atoms with E-state index in [0.717, 1.165) is 29.2 Å². The van der Waals surface area contributed by atoms with Gasteiger partial charge in [0.1, 0.15) is 4.21 Å². The zero-order valence-electron chi connectivity index (χ0n) is 15.2. The van der Waals surface area contributed by atoms with Crippen molar-refractivity contribution in [1.29, 1.82) is 0 Å². The van der Waals surface area contributed by atoms with Gasteiger partial charge < -0.3 is 4.42 Å². The van der Waals surface area contributed by atoms with E-state index in [1.165, 1.54) is 24.2 Å². The summed E-state index contributed by atoms with van der Waals surface area (Å²) in [6.07, 6.45) is 6.95. The molecule has 28 heavy (non-hydrogen) atoms. The van der Waals surface area contributed by atoms with Crippen LogP contribution in [0.15, 0.2) is 51.2 Å². The first-order chi connectivity index (χ1) is 13.5. The first-order valence-corrected chi connectivity index (χ1v) is 12.0. The van der Waals surface area contributed by atoms with Gasteiger partial charge in [0.15, 0.2) is 11.7 Å². The fraction of sp³-hybridized carbons (Fsp3) is 0.350. The molecule has 0 spiro atoms. The van der Waals surface area contributed by atoms with Gasteiger partial charge in [-0.3, -0.25) is 0 Å². The lowest BCUT2D eigenvalue weighted by atomic mass is 10.1. The molecule has 5 nitrogen and oxygen atoms in total. The van der Waals surface area contributed by atoms with Crippen molar-refractivity contribution in [1.82, 2.24) is 9.71 Å². The quantitative estimate of drug-likeness (QED) is 0.550. The molecule has 1 aliphatic carbocycles. The van der Waals surface area contributed by atoms with Crippen LogP contribution in [-0.2, 0) is 16.4 Å². The van der Waals surface area contributed by atoms with Crippen molar-refractivity contribution >= 4 is 33.0 Å². The van der Waals surface area contributed by atoms with Crippen LogP contribution >= 0.6 is 22.9 Å². The molecule has 0 aliphatic heterocycles. The fourth-order valence-corrected chi connectivity index (χ4v) is 5.87. The molecule has 0 saturated heterocycles. The van der Waals surface area contributed by atoms with Crippen LogP contribution in [-0.4, -0.2) is 19.9 Å². The van der Waals surface area contributed by atoms with Crippen LogP contribution < -0.4 is 4.72 Å².